The molecule has 2 aromatic heterocycles. The number of hydrogen-bond acceptors (Lipinski definition) is 4. The number of anilines is 1. The van der Waals surface area contributed by atoms with Crippen molar-refractivity contribution in [2.45, 2.75) is 11.8 Å². The third-order valence-electron chi connectivity index (χ3n) is 4.12. The fourth-order valence-corrected chi connectivity index (χ4v) is 4.16. The van der Waals surface area contributed by atoms with E-state index in [9.17, 15) is 12.8 Å². The molecule has 28 heavy (non-hydrogen) atoms. The third-order valence-corrected chi connectivity index (χ3v) is 6.12. The first-order valence-electron chi connectivity index (χ1n) is 8.24. The fourth-order valence-electron chi connectivity index (χ4n) is 2.87. The summed E-state index contributed by atoms with van der Waals surface area (Å²) in [4.78, 5) is 4.14. The lowest BCUT2D eigenvalue weighted by Crippen LogP contribution is -2.16. The standard InChI is InChI=1S/C19H14BrFN4O2S/c1-12-10-19(24-28(26,27)13-7-8-15(20)16(21)11-13)25(23-12)18-6-2-5-17-14(18)4-3-9-22-17/h2-11,24H,1H3. The van der Waals surface area contributed by atoms with E-state index >= 15 is 0 Å². The Bertz CT molecular complexity index is 1300. The van der Waals surface area contributed by atoms with E-state index in [0.29, 0.717) is 11.4 Å². The molecule has 0 saturated carbocycles. The Labute approximate surface area is 169 Å². The summed E-state index contributed by atoms with van der Waals surface area (Å²) in [6, 6.07) is 14.5. The highest BCUT2D eigenvalue weighted by Gasteiger charge is 2.20. The van der Waals surface area contributed by atoms with Gasteiger partial charge in [0.1, 0.15) is 11.6 Å². The Kier molecular flexibility index (Phi) is 4.64. The molecule has 6 nitrogen and oxygen atoms in total. The summed E-state index contributed by atoms with van der Waals surface area (Å²) < 4.78 is 43.6. The van der Waals surface area contributed by atoms with Crippen LogP contribution in [0.3, 0.4) is 0 Å². The van der Waals surface area contributed by atoms with Crippen LogP contribution < -0.4 is 4.72 Å². The van der Waals surface area contributed by atoms with Gasteiger partial charge in [-0.3, -0.25) is 9.71 Å². The van der Waals surface area contributed by atoms with Crippen LogP contribution in [0.1, 0.15) is 5.69 Å². The topological polar surface area (TPSA) is 76.9 Å². The lowest BCUT2D eigenvalue weighted by atomic mass is 10.2. The summed E-state index contributed by atoms with van der Waals surface area (Å²) in [6.45, 7) is 1.76. The Morgan fingerprint density at radius 1 is 1.11 bits per heavy atom. The summed E-state index contributed by atoms with van der Waals surface area (Å²) in [7, 11) is -4.01. The first-order valence-corrected chi connectivity index (χ1v) is 10.5. The molecule has 0 unspecified atom stereocenters. The predicted octanol–water partition coefficient (Wildman–Crippen LogP) is 4.43. The van der Waals surface area contributed by atoms with E-state index in [2.05, 4.69) is 30.7 Å². The average Bonchev–Trinajstić information content (AvgIpc) is 3.02. The lowest BCUT2D eigenvalue weighted by molar-refractivity contribution is 0.593. The summed E-state index contributed by atoms with van der Waals surface area (Å²) in [5.41, 5.74) is 2.07. The smallest absolute Gasteiger partial charge is 0.263 e. The second-order valence-electron chi connectivity index (χ2n) is 6.11. The summed E-state index contributed by atoms with van der Waals surface area (Å²) in [5.74, 6) is -0.412. The van der Waals surface area contributed by atoms with Crippen LogP contribution in [-0.4, -0.2) is 23.2 Å². The number of sulfonamides is 1. The van der Waals surface area contributed by atoms with Crippen LogP contribution in [0.2, 0.25) is 0 Å². The minimum atomic E-state index is -4.01. The van der Waals surface area contributed by atoms with Crippen molar-refractivity contribution in [3.63, 3.8) is 0 Å². The number of rotatable bonds is 4. The maximum Gasteiger partial charge on any atom is 0.263 e. The van der Waals surface area contributed by atoms with Crippen molar-refractivity contribution >= 4 is 42.7 Å². The van der Waals surface area contributed by atoms with Crippen LogP contribution >= 0.6 is 15.9 Å². The van der Waals surface area contributed by atoms with Crippen LogP contribution in [0, 0.1) is 12.7 Å². The van der Waals surface area contributed by atoms with Crippen LogP contribution in [0.25, 0.3) is 16.6 Å². The van der Waals surface area contributed by atoms with E-state index in [4.69, 9.17) is 0 Å². The monoisotopic (exact) mass is 460 g/mol. The quantitative estimate of drug-likeness (QED) is 0.488. The van der Waals surface area contributed by atoms with Crippen molar-refractivity contribution in [3.8, 4) is 5.69 Å². The predicted molar refractivity (Wildman–Crippen MR) is 109 cm³/mol. The Morgan fingerprint density at radius 2 is 1.93 bits per heavy atom. The van der Waals surface area contributed by atoms with Gasteiger partial charge < -0.3 is 0 Å². The second kappa shape index (κ2) is 6.99. The number of aryl methyl sites for hydroxylation is 1. The molecular formula is C19H14BrFN4O2S. The van der Waals surface area contributed by atoms with Crippen LogP contribution in [-0.2, 0) is 10.0 Å². The van der Waals surface area contributed by atoms with Crippen LogP contribution in [0.4, 0.5) is 10.2 Å². The molecule has 4 rings (SSSR count). The van der Waals surface area contributed by atoms with E-state index < -0.39 is 15.8 Å². The summed E-state index contributed by atoms with van der Waals surface area (Å²) in [5, 5.41) is 5.24. The second-order valence-corrected chi connectivity index (χ2v) is 8.65. The first kappa shape index (κ1) is 18.6. The molecule has 0 aliphatic rings. The third kappa shape index (κ3) is 3.38. The molecule has 0 amide bonds. The molecule has 0 radical (unpaired) electrons. The molecule has 0 fully saturated rings. The van der Waals surface area contributed by atoms with E-state index in [-0.39, 0.29) is 15.2 Å². The number of nitrogens with one attached hydrogen (secondary N) is 1. The molecule has 1 N–H and O–H groups in total. The molecule has 142 valence electrons. The number of halogens is 2. The van der Waals surface area contributed by atoms with Crippen molar-refractivity contribution < 1.29 is 12.8 Å². The SMILES string of the molecule is Cc1cc(NS(=O)(=O)c2ccc(Br)c(F)c2)n(-c2cccc3ncccc23)n1. The van der Waals surface area contributed by atoms with E-state index in [1.807, 2.05) is 24.3 Å². The van der Waals surface area contributed by atoms with Gasteiger partial charge in [-0.25, -0.2) is 17.5 Å². The Morgan fingerprint density at radius 3 is 2.71 bits per heavy atom. The van der Waals surface area contributed by atoms with Gasteiger partial charge in [0.15, 0.2) is 0 Å². The summed E-state index contributed by atoms with van der Waals surface area (Å²) >= 11 is 3.02. The zero-order chi connectivity index (χ0) is 19.9. The largest absolute Gasteiger partial charge is 0.263 e. The highest BCUT2D eigenvalue weighted by atomic mass is 79.9. The zero-order valence-corrected chi connectivity index (χ0v) is 17.0. The average molecular weight is 461 g/mol. The molecular weight excluding hydrogens is 447 g/mol. The minimum Gasteiger partial charge on any atom is -0.263 e. The highest BCUT2D eigenvalue weighted by molar-refractivity contribution is 9.10. The minimum absolute atomic E-state index is 0.182. The Balaban J connectivity index is 1.81. The highest BCUT2D eigenvalue weighted by Crippen LogP contribution is 2.27. The molecule has 0 aliphatic heterocycles. The van der Waals surface area contributed by atoms with Crippen LogP contribution in [0.15, 0.2) is 70.2 Å². The normalized spacial score (nSPS) is 11.7. The van der Waals surface area contributed by atoms with E-state index in [0.717, 1.165) is 17.0 Å². The number of aromatic nitrogens is 3. The molecule has 0 atom stereocenters. The van der Waals surface area contributed by atoms with Gasteiger partial charge >= 0.3 is 0 Å². The van der Waals surface area contributed by atoms with Gasteiger partial charge in [0.25, 0.3) is 10.0 Å². The number of fused-ring (bicyclic) bond motifs is 1. The molecule has 0 bridgehead atoms. The van der Waals surface area contributed by atoms with E-state index in [1.165, 1.54) is 16.8 Å². The molecule has 0 spiro atoms. The molecule has 0 saturated heterocycles. The van der Waals surface area contributed by atoms with E-state index in [1.54, 1.807) is 25.3 Å². The maximum atomic E-state index is 13.8. The van der Waals surface area contributed by atoms with Gasteiger partial charge in [0.2, 0.25) is 0 Å². The van der Waals surface area contributed by atoms with Gasteiger partial charge in [-0.2, -0.15) is 5.10 Å². The number of benzene rings is 2. The Hall–Kier alpha value is -2.78. The number of hydrogen-bond donors (Lipinski definition) is 1. The zero-order valence-electron chi connectivity index (χ0n) is 14.6. The molecule has 2 heterocycles. The van der Waals surface area contributed by atoms with Gasteiger partial charge in [-0.1, -0.05) is 6.07 Å². The molecule has 4 aromatic rings. The molecule has 2 aromatic carbocycles. The number of nitrogens with zero attached hydrogens (tertiary/aromatic N) is 3. The van der Waals surface area contributed by atoms with Crippen molar-refractivity contribution in [1.82, 2.24) is 14.8 Å². The van der Waals surface area contributed by atoms with Crippen molar-refractivity contribution in [2.75, 3.05) is 4.72 Å². The van der Waals surface area contributed by atoms with Crippen LogP contribution in [0.5, 0.6) is 0 Å². The molecule has 0 aliphatic carbocycles. The van der Waals surface area contributed by atoms with Crippen molar-refractivity contribution in [1.29, 1.82) is 0 Å². The van der Waals surface area contributed by atoms with Gasteiger partial charge in [-0.15, -0.1) is 0 Å². The maximum absolute atomic E-state index is 13.8. The molecule has 9 heteroatoms. The van der Waals surface area contributed by atoms with Gasteiger partial charge in [0.05, 0.1) is 26.3 Å². The first-order chi connectivity index (χ1) is 13.3. The summed E-state index contributed by atoms with van der Waals surface area (Å²) in [6.07, 6.45) is 1.69. The van der Waals surface area contributed by atoms with Crippen molar-refractivity contribution in [2.24, 2.45) is 0 Å². The fraction of sp³-hybridized carbons (Fsp3) is 0.0526. The lowest BCUT2D eigenvalue weighted by Gasteiger charge is -2.12. The number of pyridine rings is 1. The van der Waals surface area contributed by atoms with Gasteiger partial charge in [0, 0.05) is 17.6 Å². The van der Waals surface area contributed by atoms with Gasteiger partial charge in [-0.05, 0) is 65.3 Å². The van der Waals surface area contributed by atoms with Crippen molar-refractivity contribution in [3.05, 3.63) is 76.8 Å².